The summed E-state index contributed by atoms with van der Waals surface area (Å²) in [6.07, 6.45) is 11.4. The maximum Gasteiger partial charge on any atom is -0.00113 e. The smallest absolute Gasteiger partial charge is 0.00113 e. The molecule has 1 nitrogen and oxygen atoms in total. The van der Waals surface area contributed by atoms with Crippen molar-refractivity contribution in [3.8, 4) is 0 Å². The molecule has 0 spiro atoms. The molecule has 0 saturated heterocycles. The van der Waals surface area contributed by atoms with E-state index in [1.54, 1.807) is 0 Å². The van der Waals surface area contributed by atoms with Gasteiger partial charge < -0.3 is 5.32 Å². The molecule has 0 unspecified atom stereocenters. The van der Waals surface area contributed by atoms with E-state index in [0.29, 0.717) is 0 Å². The lowest BCUT2D eigenvalue weighted by molar-refractivity contribution is 0.787. The number of allylic oxidation sites excluding steroid dienone is 5. The Balaban J connectivity index is 4.34. The van der Waals surface area contributed by atoms with Gasteiger partial charge in [0.05, 0.1) is 0 Å². The second-order valence-corrected chi connectivity index (χ2v) is 3.47. The molecule has 0 aliphatic carbocycles. The molecule has 0 aliphatic rings. The largest absolute Gasteiger partial charge is 0.319 e. The second-order valence-electron chi connectivity index (χ2n) is 3.47. The van der Waals surface area contributed by atoms with Crippen LogP contribution in [0.3, 0.4) is 0 Å². The first kappa shape index (κ1) is 13.9. The van der Waals surface area contributed by atoms with Gasteiger partial charge in [-0.3, -0.25) is 0 Å². The molecule has 1 N–H and O–H groups in total. The summed E-state index contributed by atoms with van der Waals surface area (Å²) in [6, 6.07) is 0. The van der Waals surface area contributed by atoms with Crippen LogP contribution in [0.5, 0.6) is 0 Å². The van der Waals surface area contributed by atoms with Crippen molar-refractivity contribution >= 4 is 0 Å². The Labute approximate surface area is 94.3 Å². The molecule has 0 atom stereocenters. The molecule has 0 aliphatic heterocycles. The van der Waals surface area contributed by atoms with Gasteiger partial charge in [-0.15, -0.1) is 6.58 Å². The van der Waals surface area contributed by atoms with E-state index >= 15 is 0 Å². The molecule has 0 aromatic heterocycles. The summed E-state index contributed by atoms with van der Waals surface area (Å²) in [5, 5.41) is 3.16. The van der Waals surface area contributed by atoms with Crippen molar-refractivity contribution in [2.24, 2.45) is 0 Å². The Kier molecular flexibility index (Phi) is 8.79. The van der Waals surface area contributed by atoms with Crippen molar-refractivity contribution in [2.75, 3.05) is 13.6 Å². The zero-order valence-electron chi connectivity index (χ0n) is 10.1. The molecular weight excluding hydrogens is 182 g/mol. The molecule has 0 bridgehead atoms. The van der Waals surface area contributed by atoms with Crippen molar-refractivity contribution < 1.29 is 0 Å². The van der Waals surface area contributed by atoms with Crippen LogP contribution in [0, 0.1) is 0 Å². The molecule has 84 valence electrons. The fourth-order valence-corrected chi connectivity index (χ4v) is 1.34. The van der Waals surface area contributed by atoms with Gasteiger partial charge in [-0.25, -0.2) is 0 Å². The molecule has 0 fully saturated rings. The molecule has 0 rings (SSSR count). The highest BCUT2D eigenvalue weighted by molar-refractivity contribution is 5.37. The van der Waals surface area contributed by atoms with Crippen LogP contribution in [-0.2, 0) is 0 Å². The lowest BCUT2D eigenvalue weighted by atomic mass is 10.0. The molecular formula is C14H23N. The average molecular weight is 205 g/mol. The van der Waals surface area contributed by atoms with Gasteiger partial charge in [0.25, 0.3) is 0 Å². The Bertz CT molecular complexity index is 246. The number of hydrogen-bond acceptors (Lipinski definition) is 1. The highest BCUT2D eigenvalue weighted by Gasteiger charge is 1.98. The molecule has 0 amide bonds. The fourth-order valence-electron chi connectivity index (χ4n) is 1.34. The number of rotatable bonds is 8. The van der Waals surface area contributed by atoms with Gasteiger partial charge in [0.2, 0.25) is 0 Å². The van der Waals surface area contributed by atoms with Crippen LogP contribution in [-0.4, -0.2) is 13.6 Å². The van der Waals surface area contributed by atoms with Crippen molar-refractivity contribution in [1.29, 1.82) is 0 Å². The highest BCUT2D eigenvalue weighted by Crippen LogP contribution is 2.14. The molecule has 0 radical (unpaired) electrons. The van der Waals surface area contributed by atoms with E-state index in [4.69, 9.17) is 0 Å². The zero-order chi connectivity index (χ0) is 11.5. The average Bonchev–Trinajstić information content (AvgIpc) is 2.23. The Hall–Kier alpha value is -1.08. The summed E-state index contributed by atoms with van der Waals surface area (Å²) in [5.74, 6) is 0. The number of unbranched alkanes of at least 4 members (excludes halogenated alkanes) is 1. The highest BCUT2D eigenvalue weighted by atomic mass is 14.8. The maximum absolute atomic E-state index is 4.07. The molecule has 0 aromatic rings. The third-order valence-electron chi connectivity index (χ3n) is 2.19. The topological polar surface area (TPSA) is 12.0 Å². The maximum atomic E-state index is 4.07. The van der Waals surface area contributed by atoms with E-state index < -0.39 is 0 Å². The zero-order valence-corrected chi connectivity index (χ0v) is 10.1. The standard InChI is InChI=1S/C14H23N/c1-5-7-8-10-14(11-12-15-4)13(3)9-6-2/h5-6,9-10,15H,1,3,7-8,11-12H2,2,4H3/b9-6-,14-10-. The van der Waals surface area contributed by atoms with Crippen LogP contribution >= 0.6 is 0 Å². The molecule has 15 heavy (non-hydrogen) atoms. The summed E-state index contributed by atoms with van der Waals surface area (Å²) < 4.78 is 0. The molecule has 1 heteroatoms. The van der Waals surface area contributed by atoms with E-state index in [0.717, 1.165) is 31.4 Å². The van der Waals surface area contributed by atoms with Gasteiger partial charge >= 0.3 is 0 Å². The van der Waals surface area contributed by atoms with Crippen LogP contribution in [0.4, 0.5) is 0 Å². The summed E-state index contributed by atoms with van der Waals surface area (Å²) in [5.41, 5.74) is 2.46. The van der Waals surface area contributed by atoms with Gasteiger partial charge in [-0.2, -0.15) is 0 Å². The van der Waals surface area contributed by atoms with Crippen molar-refractivity contribution in [2.45, 2.75) is 26.2 Å². The van der Waals surface area contributed by atoms with Gasteiger partial charge in [0.1, 0.15) is 0 Å². The lowest BCUT2D eigenvalue weighted by Gasteiger charge is -2.07. The quantitative estimate of drug-likeness (QED) is 0.362. The Morgan fingerprint density at radius 3 is 2.60 bits per heavy atom. The van der Waals surface area contributed by atoms with Crippen molar-refractivity contribution in [3.05, 3.63) is 48.6 Å². The van der Waals surface area contributed by atoms with Crippen LogP contribution in [0.2, 0.25) is 0 Å². The first-order valence-electron chi connectivity index (χ1n) is 5.52. The van der Waals surface area contributed by atoms with Gasteiger partial charge in [0.15, 0.2) is 0 Å². The second kappa shape index (κ2) is 9.47. The van der Waals surface area contributed by atoms with Crippen LogP contribution in [0.1, 0.15) is 26.2 Å². The lowest BCUT2D eigenvalue weighted by Crippen LogP contribution is -2.08. The van der Waals surface area contributed by atoms with Crippen LogP contribution < -0.4 is 5.32 Å². The number of nitrogens with one attached hydrogen (secondary N) is 1. The van der Waals surface area contributed by atoms with Gasteiger partial charge in [0, 0.05) is 0 Å². The predicted molar refractivity (Wildman–Crippen MR) is 70.0 cm³/mol. The van der Waals surface area contributed by atoms with E-state index in [2.05, 4.69) is 30.6 Å². The number of hydrogen-bond donors (Lipinski definition) is 1. The predicted octanol–water partition coefficient (Wildman–Crippen LogP) is 3.62. The van der Waals surface area contributed by atoms with Gasteiger partial charge in [-0.1, -0.05) is 30.9 Å². The van der Waals surface area contributed by atoms with Gasteiger partial charge in [-0.05, 0) is 50.9 Å². The monoisotopic (exact) mass is 205 g/mol. The summed E-state index contributed by atoms with van der Waals surface area (Å²) >= 11 is 0. The van der Waals surface area contributed by atoms with E-state index in [9.17, 15) is 0 Å². The third-order valence-corrected chi connectivity index (χ3v) is 2.19. The normalized spacial score (nSPS) is 12.0. The Morgan fingerprint density at radius 1 is 1.33 bits per heavy atom. The fraction of sp³-hybridized carbons (Fsp3) is 0.429. The summed E-state index contributed by atoms with van der Waals surface area (Å²) in [6.45, 7) is 10.8. The van der Waals surface area contributed by atoms with Crippen molar-refractivity contribution in [3.63, 3.8) is 0 Å². The molecule has 0 heterocycles. The van der Waals surface area contributed by atoms with Crippen LogP contribution in [0.15, 0.2) is 48.6 Å². The summed E-state index contributed by atoms with van der Waals surface area (Å²) in [4.78, 5) is 0. The van der Waals surface area contributed by atoms with Crippen LogP contribution in [0.25, 0.3) is 0 Å². The summed E-state index contributed by atoms with van der Waals surface area (Å²) in [7, 11) is 1.97. The first-order chi connectivity index (χ1) is 7.26. The molecule has 0 saturated carbocycles. The van der Waals surface area contributed by atoms with E-state index in [1.165, 1.54) is 5.57 Å². The van der Waals surface area contributed by atoms with E-state index in [-0.39, 0.29) is 0 Å². The minimum Gasteiger partial charge on any atom is -0.319 e. The Morgan fingerprint density at radius 2 is 2.07 bits per heavy atom. The van der Waals surface area contributed by atoms with E-state index in [1.807, 2.05) is 26.1 Å². The minimum atomic E-state index is 0.997. The third kappa shape index (κ3) is 6.92. The SMILES string of the molecule is C=CCC/C=C(/CCNC)C(=C)/C=C\C. The first-order valence-corrected chi connectivity index (χ1v) is 5.52. The minimum absolute atomic E-state index is 0.997. The van der Waals surface area contributed by atoms with Crippen molar-refractivity contribution in [1.82, 2.24) is 5.32 Å². The molecule has 0 aromatic carbocycles.